The summed E-state index contributed by atoms with van der Waals surface area (Å²) in [6.45, 7) is 1.00. The molecule has 0 unspecified atom stereocenters. The van der Waals surface area contributed by atoms with Gasteiger partial charge in [0.2, 0.25) is 0 Å². The van der Waals surface area contributed by atoms with E-state index in [4.69, 9.17) is 4.74 Å². The van der Waals surface area contributed by atoms with E-state index < -0.39 is 11.6 Å². The Hall–Kier alpha value is -3.09. The van der Waals surface area contributed by atoms with Gasteiger partial charge in [-0.3, -0.25) is 0 Å². The van der Waals surface area contributed by atoms with Gasteiger partial charge in [0.05, 0.1) is 11.2 Å². The minimum atomic E-state index is -0.712. The number of carbonyl (C=O) groups is 1. The molecule has 5 nitrogen and oxygen atoms in total. The van der Waals surface area contributed by atoms with Gasteiger partial charge in [-0.1, -0.05) is 12.1 Å². The number of fused-ring (bicyclic) bond motifs is 1. The van der Waals surface area contributed by atoms with Gasteiger partial charge in [-0.2, -0.15) is 0 Å². The lowest BCUT2D eigenvalue weighted by Crippen LogP contribution is -2.43. The lowest BCUT2D eigenvalue weighted by atomic mass is 10.1. The highest BCUT2D eigenvalue weighted by Gasteiger charge is 2.25. The molecule has 0 radical (unpaired) electrons. The normalized spacial score (nSPS) is 15.0. The number of amides is 2. The van der Waals surface area contributed by atoms with Crippen molar-refractivity contribution in [3.63, 3.8) is 0 Å². The summed E-state index contributed by atoms with van der Waals surface area (Å²) >= 11 is 0. The summed E-state index contributed by atoms with van der Waals surface area (Å²) in [7, 11) is 1.94. The van der Waals surface area contributed by atoms with E-state index in [1.807, 2.05) is 42.1 Å². The molecule has 0 spiro atoms. The van der Waals surface area contributed by atoms with Crippen molar-refractivity contribution >= 4 is 22.6 Å². The van der Waals surface area contributed by atoms with E-state index in [1.165, 1.54) is 12.1 Å². The first-order valence-corrected chi connectivity index (χ1v) is 9.23. The monoisotopic (exact) mass is 385 g/mol. The number of hydrogen-bond acceptors (Lipinski definition) is 2. The molecule has 0 saturated carbocycles. The fraction of sp³-hybridized carbons (Fsp3) is 0.286. The number of carbonyl (C=O) groups excluding carboxylic acids is 1. The van der Waals surface area contributed by atoms with Crippen molar-refractivity contribution in [2.75, 3.05) is 18.4 Å². The number of anilines is 1. The number of likely N-dealkylation sites (tertiary alicyclic amines) is 1. The van der Waals surface area contributed by atoms with Gasteiger partial charge in [0.1, 0.15) is 11.9 Å². The maximum atomic E-state index is 13.7. The van der Waals surface area contributed by atoms with Gasteiger partial charge in [-0.05, 0) is 24.3 Å². The van der Waals surface area contributed by atoms with Crippen LogP contribution in [0.15, 0.2) is 48.7 Å². The Morgan fingerprint density at radius 1 is 1.14 bits per heavy atom. The van der Waals surface area contributed by atoms with E-state index in [2.05, 4.69) is 5.32 Å². The zero-order valence-corrected chi connectivity index (χ0v) is 15.5. The summed E-state index contributed by atoms with van der Waals surface area (Å²) in [6, 6.07) is 10.9. The molecule has 1 fully saturated rings. The van der Waals surface area contributed by atoms with Gasteiger partial charge in [-0.25, -0.2) is 13.6 Å². The van der Waals surface area contributed by atoms with E-state index in [9.17, 15) is 13.6 Å². The van der Waals surface area contributed by atoms with E-state index in [0.29, 0.717) is 25.9 Å². The smallest absolute Gasteiger partial charge is 0.321 e. The van der Waals surface area contributed by atoms with Crippen molar-refractivity contribution in [2.24, 2.45) is 7.05 Å². The molecule has 1 aliphatic heterocycles. The lowest BCUT2D eigenvalue weighted by Gasteiger charge is -2.32. The minimum Gasteiger partial charge on any atom is -0.487 e. The van der Waals surface area contributed by atoms with Gasteiger partial charge in [-0.15, -0.1) is 0 Å². The first kappa shape index (κ1) is 18.3. The maximum Gasteiger partial charge on any atom is 0.321 e. The van der Waals surface area contributed by atoms with E-state index in [1.54, 1.807) is 4.90 Å². The van der Waals surface area contributed by atoms with Crippen LogP contribution in [0.25, 0.3) is 10.9 Å². The van der Waals surface area contributed by atoms with Crippen LogP contribution < -0.4 is 10.1 Å². The van der Waals surface area contributed by atoms with Crippen LogP contribution in [0.5, 0.6) is 5.75 Å². The van der Waals surface area contributed by atoms with Crippen LogP contribution in [-0.2, 0) is 7.05 Å². The number of ether oxygens (including phenoxy) is 1. The molecule has 0 bridgehead atoms. The average molecular weight is 385 g/mol. The minimum absolute atomic E-state index is 0.0414. The van der Waals surface area contributed by atoms with Crippen LogP contribution in [0.2, 0.25) is 0 Å². The molecule has 1 aromatic heterocycles. The number of urea groups is 1. The topological polar surface area (TPSA) is 46.5 Å². The fourth-order valence-electron chi connectivity index (χ4n) is 3.58. The van der Waals surface area contributed by atoms with Gasteiger partial charge >= 0.3 is 6.03 Å². The molecule has 0 atom stereocenters. The molecule has 7 heteroatoms. The molecule has 146 valence electrons. The third-order valence-electron chi connectivity index (χ3n) is 5.06. The summed E-state index contributed by atoms with van der Waals surface area (Å²) < 4.78 is 34.4. The van der Waals surface area contributed by atoms with Crippen molar-refractivity contribution < 1.29 is 18.3 Å². The SMILES string of the molecule is Cn1ccc2cccc(NC(=O)N3CCC(Oc4ccc(F)cc4F)CC3)c21. The summed E-state index contributed by atoms with van der Waals surface area (Å²) in [6.07, 6.45) is 2.91. The van der Waals surface area contributed by atoms with E-state index >= 15 is 0 Å². The highest BCUT2D eigenvalue weighted by atomic mass is 19.1. The summed E-state index contributed by atoms with van der Waals surface area (Å²) in [5.74, 6) is -1.31. The number of benzene rings is 2. The second-order valence-electron chi connectivity index (χ2n) is 6.98. The zero-order chi connectivity index (χ0) is 19.7. The largest absolute Gasteiger partial charge is 0.487 e. The number of hydrogen-bond donors (Lipinski definition) is 1. The molecular formula is C21H21F2N3O2. The number of halogens is 2. The molecule has 2 aromatic carbocycles. The third-order valence-corrected chi connectivity index (χ3v) is 5.06. The number of piperidine rings is 1. The molecule has 1 aliphatic rings. The van der Waals surface area contributed by atoms with Crippen molar-refractivity contribution in [3.8, 4) is 5.75 Å². The second-order valence-corrected chi connectivity index (χ2v) is 6.98. The van der Waals surface area contributed by atoms with Crippen LogP contribution in [0, 0.1) is 11.6 Å². The van der Waals surface area contributed by atoms with Crippen LogP contribution >= 0.6 is 0 Å². The number of nitrogens with one attached hydrogen (secondary N) is 1. The highest BCUT2D eigenvalue weighted by Crippen LogP contribution is 2.26. The number of nitrogens with zero attached hydrogens (tertiary/aromatic N) is 2. The van der Waals surface area contributed by atoms with Crippen LogP contribution in [-0.4, -0.2) is 34.7 Å². The van der Waals surface area contributed by atoms with Gasteiger partial charge < -0.3 is 19.5 Å². The number of para-hydroxylation sites is 1. The zero-order valence-electron chi connectivity index (χ0n) is 15.5. The summed E-state index contributed by atoms with van der Waals surface area (Å²) in [5.41, 5.74) is 1.74. The first-order valence-electron chi connectivity index (χ1n) is 9.23. The maximum absolute atomic E-state index is 13.7. The second kappa shape index (κ2) is 7.50. The van der Waals surface area contributed by atoms with Crippen molar-refractivity contribution in [1.82, 2.24) is 9.47 Å². The van der Waals surface area contributed by atoms with Crippen molar-refractivity contribution in [1.29, 1.82) is 0 Å². The van der Waals surface area contributed by atoms with Crippen LogP contribution in [0.4, 0.5) is 19.3 Å². The first-order chi connectivity index (χ1) is 13.5. The Bertz CT molecular complexity index is 1010. The Kier molecular flexibility index (Phi) is 4.90. The van der Waals surface area contributed by atoms with E-state index in [-0.39, 0.29) is 17.9 Å². The molecule has 1 saturated heterocycles. The van der Waals surface area contributed by atoms with Crippen molar-refractivity contribution in [3.05, 3.63) is 60.3 Å². The Balaban J connectivity index is 1.37. The van der Waals surface area contributed by atoms with Crippen LogP contribution in [0.3, 0.4) is 0 Å². The quantitative estimate of drug-likeness (QED) is 0.720. The lowest BCUT2D eigenvalue weighted by molar-refractivity contribution is 0.111. The molecule has 3 aromatic rings. The standard InChI is InChI=1S/C21H21F2N3O2/c1-25-10-7-14-3-2-4-18(20(14)25)24-21(27)26-11-8-16(9-12-26)28-19-6-5-15(22)13-17(19)23/h2-7,10,13,16H,8-9,11-12H2,1H3,(H,24,27). The summed E-state index contributed by atoms with van der Waals surface area (Å²) in [5, 5.41) is 4.05. The molecule has 2 heterocycles. The van der Waals surface area contributed by atoms with Gasteiger partial charge in [0.15, 0.2) is 11.6 Å². The molecule has 28 heavy (non-hydrogen) atoms. The summed E-state index contributed by atoms with van der Waals surface area (Å²) in [4.78, 5) is 14.4. The average Bonchev–Trinajstić information content (AvgIpc) is 3.07. The third kappa shape index (κ3) is 3.65. The molecular weight excluding hydrogens is 364 g/mol. The number of aryl methyl sites for hydroxylation is 1. The van der Waals surface area contributed by atoms with Gasteiger partial charge in [0.25, 0.3) is 0 Å². The fourth-order valence-corrected chi connectivity index (χ4v) is 3.58. The van der Waals surface area contributed by atoms with E-state index in [0.717, 1.165) is 22.7 Å². The Morgan fingerprint density at radius 2 is 1.93 bits per heavy atom. The number of rotatable bonds is 3. The molecule has 2 amide bonds. The highest BCUT2D eigenvalue weighted by molar-refractivity contribution is 6.00. The predicted molar refractivity (Wildman–Crippen MR) is 104 cm³/mol. The van der Waals surface area contributed by atoms with Crippen molar-refractivity contribution in [2.45, 2.75) is 18.9 Å². The molecule has 1 N–H and O–H groups in total. The Morgan fingerprint density at radius 3 is 2.68 bits per heavy atom. The van der Waals surface area contributed by atoms with Gasteiger partial charge in [0, 0.05) is 50.6 Å². The molecule has 4 rings (SSSR count). The predicted octanol–water partition coefficient (Wildman–Crippen LogP) is 4.53. The molecule has 0 aliphatic carbocycles. The van der Waals surface area contributed by atoms with Crippen LogP contribution in [0.1, 0.15) is 12.8 Å². The number of aromatic nitrogens is 1. The Labute approximate surface area is 161 Å².